The quantitative estimate of drug-likeness (QED) is 0.497. The number of aromatic carboxylic acids is 1. The van der Waals surface area contributed by atoms with Crippen molar-refractivity contribution in [2.75, 3.05) is 5.32 Å². The number of aliphatic carboxylic acids is 1. The number of nitrogens with one attached hydrogen (secondary N) is 1. The minimum Gasteiger partial charge on any atom is -0.507 e. The number of carboxylic acid groups (broad SMARTS) is 2. The number of benzene rings is 1. The Morgan fingerprint density at radius 1 is 1.26 bits per heavy atom. The number of carbonyl (C=O) groups is 3. The molecular formula is C11H12N2O6. The zero-order valence-corrected chi connectivity index (χ0v) is 9.66. The molecule has 0 heterocycles. The molecule has 6 N–H and O–H groups in total. The van der Waals surface area contributed by atoms with Crippen molar-refractivity contribution in [1.29, 1.82) is 0 Å². The molecule has 0 aromatic heterocycles. The van der Waals surface area contributed by atoms with Gasteiger partial charge in [-0.3, -0.25) is 9.59 Å². The Bertz CT molecular complexity index is 528. The van der Waals surface area contributed by atoms with Gasteiger partial charge in [-0.1, -0.05) is 0 Å². The summed E-state index contributed by atoms with van der Waals surface area (Å²) >= 11 is 0. The van der Waals surface area contributed by atoms with Crippen LogP contribution in [-0.4, -0.2) is 39.2 Å². The van der Waals surface area contributed by atoms with Gasteiger partial charge in [0.25, 0.3) is 0 Å². The summed E-state index contributed by atoms with van der Waals surface area (Å²) in [5.74, 6) is -3.79. The van der Waals surface area contributed by atoms with Gasteiger partial charge in [0.05, 0.1) is 12.5 Å². The van der Waals surface area contributed by atoms with Gasteiger partial charge in [0.2, 0.25) is 5.91 Å². The number of nitrogens with two attached hydrogens (primary N) is 1. The maximum atomic E-state index is 11.5. The highest BCUT2D eigenvalue weighted by atomic mass is 16.4. The summed E-state index contributed by atoms with van der Waals surface area (Å²) < 4.78 is 0. The van der Waals surface area contributed by atoms with Gasteiger partial charge in [-0.2, -0.15) is 0 Å². The van der Waals surface area contributed by atoms with E-state index in [-0.39, 0.29) is 11.3 Å². The van der Waals surface area contributed by atoms with Crippen LogP contribution in [0, 0.1) is 0 Å². The minimum atomic E-state index is -1.31. The summed E-state index contributed by atoms with van der Waals surface area (Å²) in [4.78, 5) is 32.5. The van der Waals surface area contributed by atoms with Crippen LogP contribution in [0.1, 0.15) is 16.8 Å². The maximum absolute atomic E-state index is 11.5. The molecule has 0 spiro atoms. The number of aromatic hydroxyl groups is 1. The van der Waals surface area contributed by atoms with Crippen molar-refractivity contribution in [2.45, 2.75) is 12.5 Å². The van der Waals surface area contributed by atoms with Crippen LogP contribution in [0.2, 0.25) is 0 Å². The van der Waals surface area contributed by atoms with Gasteiger partial charge in [0.15, 0.2) is 0 Å². The molecule has 1 amide bonds. The van der Waals surface area contributed by atoms with E-state index in [1.807, 2.05) is 0 Å². The topological polar surface area (TPSA) is 150 Å². The van der Waals surface area contributed by atoms with E-state index in [1.54, 1.807) is 0 Å². The third-order valence-corrected chi connectivity index (χ3v) is 2.23. The number of phenols is 1. The Morgan fingerprint density at radius 2 is 1.89 bits per heavy atom. The molecule has 1 rings (SSSR count). The zero-order valence-electron chi connectivity index (χ0n) is 9.66. The summed E-state index contributed by atoms with van der Waals surface area (Å²) in [7, 11) is 0. The average Bonchev–Trinajstić information content (AvgIpc) is 2.27. The van der Waals surface area contributed by atoms with Crippen molar-refractivity contribution in [3.8, 4) is 5.75 Å². The number of rotatable bonds is 5. The minimum absolute atomic E-state index is 0.119. The van der Waals surface area contributed by atoms with E-state index in [0.717, 1.165) is 12.1 Å². The van der Waals surface area contributed by atoms with Gasteiger partial charge in [-0.15, -0.1) is 0 Å². The van der Waals surface area contributed by atoms with Gasteiger partial charge in [-0.05, 0) is 12.1 Å². The van der Waals surface area contributed by atoms with Crippen molar-refractivity contribution in [1.82, 2.24) is 0 Å². The first-order valence-electron chi connectivity index (χ1n) is 5.16. The van der Waals surface area contributed by atoms with Gasteiger partial charge < -0.3 is 26.4 Å². The zero-order chi connectivity index (χ0) is 14.6. The fourth-order valence-corrected chi connectivity index (χ4v) is 1.31. The lowest BCUT2D eigenvalue weighted by Gasteiger charge is -2.11. The van der Waals surface area contributed by atoms with Crippen LogP contribution in [0.5, 0.6) is 5.75 Å². The Kier molecular flexibility index (Phi) is 4.43. The largest absolute Gasteiger partial charge is 0.507 e. The van der Waals surface area contributed by atoms with Crippen molar-refractivity contribution >= 4 is 23.5 Å². The van der Waals surface area contributed by atoms with Crippen molar-refractivity contribution < 1.29 is 29.7 Å². The molecule has 0 aliphatic heterocycles. The number of anilines is 1. The molecule has 8 nitrogen and oxygen atoms in total. The highest BCUT2D eigenvalue weighted by Gasteiger charge is 2.18. The van der Waals surface area contributed by atoms with Crippen molar-refractivity contribution in [2.24, 2.45) is 5.73 Å². The summed E-state index contributed by atoms with van der Waals surface area (Å²) in [6.45, 7) is 0. The molecule has 0 aliphatic rings. The van der Waals surface area contributed by atoms with Crippen LogP contribution in [0.4, 0.5) is 5.69 Å². The monoisotopic (exact) mass is 268 g/mol. The molecule has 8 heteroatoms. The molecule has 1 aromatic carbocycles. The second-order valence-corrected chi connectivity index (χ2v) is 3.73. The molecule has 0 radical (unpaired) electrons. The van der Waals surface area contributed by atoms with Crippen LogP contribution in [0.25, 0.3) is 0 Å². The molecule has 0 saturated heterocycles. The number of carbonyl (C=O) groups excluding carboxylic acids is 1. The second kappa shape index (κ2) is 5.83. The summed E-state index contributed by atoms with van der Waals surface area (Å²) in [5, 5.41) is 28.8. The first-order chi connectivity index (χ1) is 8.81. The average molecular weight is 268 g/mol. The van der Waals surface area contributed by atoms with Crippen LogP contribution in [-0.2, 0) is 9.59 Å². The molecule has 0 bridgehead atoms. The smallest absolute Gasteiger partial charge is 0.339 e. The lowest BCUT2D eigenvalue weighted by atomic mass is 10.1. The first kappa shape index (κ1) is 14.5. The summed E-state index contributed by atoms with van der Waals surface area (Å²) in [6.07, 6.45) is -0.537. The third-order valence-electron chi connectivity index (χ3n) is 2.23. The number of hydrogen-bond donors (Lipinski definition) is 5. The number of amides is 1. The molecule has 0 fully saturated rings. The second-order valence-electron chi connectivity index (χ2n) is 3.73. The van der Waals surface area contributed by atoms with Gasteiger partial charge in [-0.25, -0.2) is 4.79 Å². The highest BCUT2D eigenvalue weighted by molar-refractivity contribution is 5.98. The maximum Gasteiger partial charge on any atom is 0.339 e. The molecule has 1 unspecified atom stereocenters. The Labute approximate surface area is 107 Å². The van der Waals surface area contributed by atoms with E-state index in [4.69, 9.17) is 15.9 Å². The molecule has 1 atom stereocenters. The molecule has 1 aromatic rings. The first-order valence-corrected chi connectivity index (χ1v) is 5.16. The van der Waals surface area contributed by atoms with Crippen LogP contribution in [0.3, 0.4) is 0 Å². The summed E-state index contributed by atoms with van der Waals surface area (Å²) in [6, 6.07) is 2.16. The van der Waals surface area contributed by atoms with E-state index in [0.29, 0.717) is 0 Å². The van der Waals surface area contributed by atoms with E-state index < -0.39 is 36.1 Å². The van der Waals surface area contributed by atoms with E-state index in [2.05, 4.69) is 5.32 Å². The fraction of sp³-hybridized carbons (Fsp3) is 0.182. The molecule has 0 saturated carbocycles. The Morgan fingerprint density at radius 3 is 2.37 bits per heavy atom. The number of hydrogen-bond acceptors (Lipinski definition) is 5. The van der Waals surface area contributed by atoms with Crippen LogP contribution in [0.15, 0.2) is 18.2 Å². The van der Waals surface area contributed by atoms with E-state index >= 15 is 0 Å². The molecule has 19 heavy (non-hydrogen) atoms. The normalized spacial score (nSPS) is 11.6. The predicted molar refractivity (Wildman–Crippen MR) is 63.9 cm³/mol. The van der Waals surface area contributed by atoms with Gasteiger partial charge in [0, 0.05) is 11.8 Å². The SMILES string of the molecule is NC(CC(=O)O)C(=O)Nc1ccc(C(=O)O)c(O)c1. The van der Waals surface area contributed by atoms with Crippen molar-refractivity contribution in [3.05, 3.63) is 23.8 Å². The molecule has 0 aliphatic carbocycles. The van der Waals surface area contributed by atoms with E-state index in [9.17, 15) is 19.5 Å². The Hall–Kier alpha value is -2.61. The third kappa shape index (κ3) is 3.96. The lowest BCUT2D eigenvalue weighted by Crippen LogP contribution is -2.37. The van der Waals surface area contributed by atoms with Gasteiger partial charge in [0.1, 0.15) is 11.3 Å². The van der Waals surface area contributed by atoms with Gasteiger partial charge >= 0.3 is 11.9 Å². The molecule has 102 valence electrons. The van der Waals surface area contributed by atoms with Crippen molar-refractivity contribution in [3.63, 3.8) is 0 Å². The number of carboxylic acids is 2. The predicted octanol–water partition coefficient (Wildman–Crippen LogP) is -0.169. The van der Waals surface area contributed by atoms with E-state index in [1.165, 1.54) is 6.07 Å². The van der Waals surface area contributed by atoms with Crippen LogP contribution >= 0.6 is 0 Å². The fourth-order valence-electron chi connectivity index (χ4n) is 1.31. The standard InChI is InChI=1S/C11H12N2O6/c12-7(4-9(15)16)10(17)13-5-1-2-6(11(18)19)8(14)3-5/h1-3,7,14H,4,12H2,(H,13,17)(H,15,16)(H,18,19). The lowest BCUT2D eigenvalue weighted by molar-refractivity contribution is -0.138. The van der Waals surface area contributed by atoms with Crippen LogP contribution < -0.4 is 11.1 Å². The highest BCUT2D eigenvalue weighted by Crippen LogP contribution is 2.22. The summed E-state index contributed by atoms with van der Waals surface area (Å²) in [5.41, 5.74) is 5.14. The Balaban J connectivity index is 2.78. The molecular weight excluding hydrogens is 256 g/mol.